The SMILES string of the molecule is CCCCCCCCCCCCCCCCCCOC[C@H](COP(=O)(O)OC[C@H]1O[C@@](C#N)(c2ccc3c(N)ncnn23)[C@H](O)[C@@H]1O)OCc1cc(F)cc(F)c1. The van der Waals surface area contributed by atoms with Crippen LogP contribution in [0.4, 0.5) is 14.6 Å². The fourth-order valence-corrected chi connectivity index (χ4v) is 7.72. The summed E-state index contributed by atoms with van der Waals surface area (Å²) < 4.78 is 69.4. The number of nitriles is 1. The Morgan fingerprint density at radius 2 is 1.53 bits per heavy atom. The zero-order valence-corrected chi connectivity index (χ0v) is 33.9. The van der Waals surface area contributed by atoms with Gasteiger partial charge in [-0.05, 0) is 36.2 Å². The van der Waals surface area contributed by atoms with E-state index in [4.69, 9.17) is 29.0 Å². The number of aliphatic hydroxyl groups excluding tert-OH is 2. The van der Waals surface area contributed by atoms with Crippen molar-refractivity contribution in [2.75, 3.05) is 32.2 Å². The van der Waals surface area contributed by atoms with Crippen LogP contribution in [0.15, 0.2) is 36.7 Å². The molecule has 0 saturated carbocycles. The van der Waals surface area contributed by atoms with Crippen LogP contribution in [0.5, 0.6) is 0 Å². The van der Waals surface area contributed by atoms with Gasteiger partial charge in [-0.2, -0.15) is 10.4 Å². The predicted octanol–water partition coefficient (Wildman–Crippen LogP) is 7.43. The molecule has 17 heteroatoms. The van der Waals surface area contributed by atoms with E-state index in [-0.39, 0.29) is 30.3 Å². The van der Waals surface area contributed by atoms with Gasteiger partial charge in [-0.15, -0.1) is 0 Å². The number of nitrogens with zero attached hydrogens (tertiary/aromatic N) is 4. The number of aliphatic hydroxyl groups is 2. The van der Waals surface area contributed by atoms with E-state index >= 15 is 0 Å². The summed E-state index contributed by atoms with van der Waals surface area (Å²) in [6, 6.07) is 7.79. The summed E-state index contributed by atoms with van der Waals surface area (Å²) in [7, 11) is -4.84. The molecule has 2 aromatic heterocycles. The molecule has 14 nitrogen and oxygen atoms in total. The molecule has 318 valence electrons. The standard InChI is InChI=1S/C40H60F2N5O9P/c1-2-3-4-5-6-7-8-9-10-11-12-13-14-15-16-17-20-52-25-33(53-24-30-21-31(41)23-32(42)22-30)26-54-57(50,51)55-27-35-37(48)38(49)40(28-43,56-35)36-19-18-34-39(44)45-29-46-47(34)36/h18-19,21-23,29,33,35,37-38,48-49H,2-17,20,24-27H2,1H3,(H,50,51)(H2,44,45,46)/t33-,35-,37-,38-,40+/m1/s1. The molecule has 3 aromatic rings. The third kappa shape index (κ3) is 14.6. The maximum atomic E-state index is 13.8. The minimum atomic E-state index is -4.84. The van der Waals surface area contributed by atoms with Crippen molar-refractivity contribution in [1.82, 2.24) is 14.6 Å². The van der Waals surface area contributed by atoms with E-state index in [1.54, 1.807) is 0 Å². The second-order valence-corrected chi connectivity index (χ2v) is 16.2. The van der Waals surface area contributed by atoms with Crippen molar-refractivity contribution < 1.29 is 51.7 Å². The minimum Gasteiger partial charge on any atom is -0.387 e. The van der Waals surface area contributed by atoms with Crippen molar-refractivity contribution in [2.24, 2.45) is 0 Å². The van der Waals surface area contributed by atoms with Crippen LogP contribution in [0.3, 0.4) is 0 Å². The van der Waals surface area contributed by atoms with E-state index in [1.807, 2.05) is 6.07 Å². The van der Waals surface area contributed by atoms with Crippen molar-refractivity contribution >= 4 is 19.2 Å². The van der Waals surface area contributed by atoms with Crippen LogP contribution in [0.2, 0.25) is 0 Å². The Hall–Kier alpha value is -3.10. The molecule has 1 aliphatic heterocycles. The van der Waals surface area contributed by atoms with Gasteiger partial charge >= 0.3 is 7.82 Å². The quantitative estimate of drug-likeness (QED) is 0.0398. The summed E-state index contributed by atoms with van der Waals surface area (Å²) in [6.45, 7) is 1.13. The van der Waals surface area contributed by atoms with Crippen LogP contribution in [0.1, 0.15) is 121 Å². The van der Waals surface area contributed by atoms with Crippen LogP contribution in [-0.2, 0) is 40.0 Å². The number of anilines is 1. The Morgan fingerprint density at radius 1 is 0.930 bits per heavy atom. The molecule has 57 heavy (non-hydrogen) atoms. The molecular formula is C40H60F2N5O9P. The first kappa shape index (κ1) is 46.6. The molecule has 0 aliphatic carbocycles. The Kier molecular flexibility index (Phi) is 19.7. The zero-order valence-electron chi connectivity index (χ0n) is 33.0. The number of halogens is 2. The van der Waals surface area contributed by atoms with Gasteiger partial charge in [-0.3, -0.25) is 9.05 Å². The molecule has 0 bridgehead atoms. The number of nitrogens with two attached hydrogens (primary N) is 1. The fourth-order valence-electron chi connectivity index (χ4n) is 6.95. The molecule has 0 radical (unpaired) electrons. The lowest BCUT2D eigenvalue weighted by molar-refractivity contribution is -0.0690. The number of unbranched alkanes of at least 4 members (excludes halogenated alkanes) is 15. The van der Waals surface area contributed by atoms with Crippen LogP contribution in [0, 0.1) is 23.0 Å². The summed E-state index contributed by atoms with van der Waals surface area (Å²) in [5, 5.41) is 35.9. The Labute approximate surface area is 334 Å². The van der Waals surface area contributed by atoms with Crippen molar-refractivity contribution in [2.45, 2.75) is 146 Å². The normalized spacial score (nSPS) is 21.2. The number of phosphoric ester groups is 1. The monoisotopic (exact) mass is 823 g/mol. The fraction of sp³-hybridized carbons (Fsp3) is 0.675. The highest BCUT2D eigenvalue weighted by Crippen LogP contribution is 2.46. The Bertz CT molecular complexity index is 1710. The van der Waals surface area contributed by atoms with Gasteiger partial charge in [0, 0.05) is 12.7 Å². The average Bonchev–Trinajstić information content (AvgIpc) is 3.73. The molecule has 1 saturated heterocycles. The lowest BCUT2D eigenvalue weighted by Gasteiger charge is -2.24. The second-order valence-electron chi connectivity index (χ2n) is 14.7. The van der Waals surface area contributed by atoms with Crippen molar-refractivity contribution in [3.8, 4) is 6.07 Å². The number of hydrogen-bond acceptors (Lipinski definition) is 12. The van der Waals surface area contributed by atoms with Gasteiger partial charge in [0.15, 0.2) is 5.82 Å². The number of benzene rings is 1. The van der Waals surface area contributed by atoms with E-state index in [2.05, 4.69) is 17.0 Å². The average molecular weight is 824 g/mol. The lowest BCUT2D eigenvalue weighted by atomic mass is 9.92. The lowest BCUT2D eigenvalue weighted by Crippen LogP contribution is -2.41. The Balaban J connectivity index is 1.18. The smallest absolute Gasteiger partial charge is 0.387 e. The molecule has 5 N–H and O–H groups in total. The van der Waals surface area contributed by atoms with Crippen LogP contribution in [0.25, 0.3) is 5.52 Å². The molecule has 4 rings (SSSR count). The molecule has 1 fully saturated rings. The number of phosphoric acid groups is 1. The third-order valence-corrected chi connectivity index (χ3v) is 11.1. The van der Waals surface area contributed by atoms with E-state index in [1.165, 1.54) is 100 Å². The van der Waals surface area contributed by atoms with Gasteiger partial charge in [0.2, 0.25) is 5.60 Å². The summed E-state index contributed by atoms with van der Waals surface area (Å²) in [6.07, 6.45) is 15.2. The third-order valence-electron chi connectivity index (χ3n) is 10.2. The second kappa shape index (κ2) is 24.1. The Morgan fingerprint density at radius 3 is 2.12 bits per heavy atom. The van der Waals surface area contributed by atoms with Gasteiger partial charge in [0.05, 0.1) is 32.1 Å². The van der Waals surface area contributed by atoms with Gasteiger partial charge in [0.1, 0.15) is 54.0 Å². The molecule has 1 aliphatic rings. The highest BCUT2D eigenvalue weighted by molar-refractivity contribution is 7.47. The first-order valence-electron chi connectivity index (χ1n) is 20.3. The number of aromatic nitrogens is 3. The van der Waals surface area contributed by atoms with Gasteiger partial charge < -0.3 is 35.1 Å². The first-order valence-corrected chi connectivity index (χ1v) is 21.8. The highest BCUT2D eigenvalue weighted by atomic mass is 31.2. The van der Waals surface area contributed by atoms with Crippen molar-refractivity contribution in [3.05, 3.63) is 59.6 Å². The summed E-state index contributed by atoms with van der Waals surface area (Å²) in [5.41, 5.74) is 4.33. The zero-order chi connectivity index (χ0) is 41.1. The van der Waals surface area contributed by atoms with Crippen molar-refractivity contribution in [3.63, 3.8) is 0 Å². The molecular weight excluding hydrogens is 763 g/mol. The molecule has 3 heterocycles. The summed E-state index contributed by atoms with van der Waals surface area (Å²) >= 11 is 0. The maximum Gasteiger partial charge on any atom is 0.472 e. The van der Waals surface area contributed by atoms with Crippen LogP contribution < -0.4 is 5.73 Å². The van der Waals surface area contributed by atoms with Gasteiger partial charge in [-0.25, -0.2) is 22.8 Å². The van der Waals surface area contributed by atoms with E-state index in [0.717, 1.165) is 43.8 Å². The van der Waals surface area contributed by atoms with E-state index in [0.29, 0.717) is 12.1 Å². The largest absolute Gasteiger partial charge is 0.472 e. The van der Waals surface area contributed by atoms with Crippen LogP contribution >= 0.6 is 7.82 Å². The number of rotatable bonds is 29. The molecule has 0 amide bonds. The van der Waals surface area contributed by atoms with E-state index < -0.39 is 62.7 Å². The molecule has 6 atom stereocenters. The number of hydrogen-bond donors (Lipinski definition) is 4. The van der Waals surface area contributed by atoms with Crippen LogP contribution in [-0.4, -0.2) is 80.5 Å². The predicted molar refractivity (Wildman–Crippen MR) is 209 cm³/mol. The van der Waals surface area contributed by atoms with Gasteiger partial charge in [-0.1, -0.05) is 103 Å². The first-order chi connectivity index (χ1) is 27.5. The minimum absolute atomic E-state index is 0.0444. The topological polar surface area (TPSA) is 204 Å². The summed E-state index contributed by atoms with van der Waals surface area (Å²) in [4.78, 5) is 14.4. The van der Waals surface area contributed by atoms with Gasteiger partial charge in [0.25, 0.3) is 0 Å². The molecule has 1 unspecified atom stereocenters. The molecule has 0 spiro atoms. The maximum absolute atomic E-state index is 13.8. The number of fused-ring (bicyclic) bond motifs is 1. The number of nitrogen functional groups attached to an aromatic ring is 1. The van der Waals surface area contributed by atoms with Crippen molar-refractivity contribution in [1.29, 1.82) is 5.26 Å². The molecule has 1 aromatic carbocycles. The van der Waals surface area contributed by atoms with E-state index in [9.17, 15) is 33.7 Å². The number of ether oxygens (including phenoxy) is 3. The highest BCUT2D eigenvalue weighted by Gasteiger charge is 2.58. The summed E-state index contributed by atoms with van der Waals surface area (Å²) in [5.74, 6) is -1.45.